The molecule has 108 valence electrons. The van der Waals surface area contributed by atoms with Crippen LogP contribution in [0.1, 0.15) is 22.3 Å². The van der Waals surface area contributed by atoms with Crippen molar-refractivity contribution in [2.75, 3.05) is 13.6 Å². The van der Waals surface area contributed by atoms with Crippen molar-refractivity contribution >= 4 is 11.3 Å². The highest BCUT2D eigenvalue weighted by Crippen LogP contribution is 2.24. The lowest BCUT2D eigenvalue weighted by Gasteiger charge is -2.27. The van der Waals surface area contributed by atoms with Gasteiger partial charge in [0.05, 0.1) is 16.7 Å². The minimum absolute atomic E-state index is 0.208. The van der Waals surface area contributed by atoms with Gasteiger partial charge in [-0.1, -0.05) is 12.1 Å². The number of nitrogens with two attached hydrogens (primary N) is 1. The van der Waals surface area contributed by atoms with Crippen LogP contribution >= 0.6 is 11.3 Å². The molecule has 0 aliphatic rings. The minimum atomic E-state index is -0.848. The number of hydrogen-bond donors (Lipinski definition) is 1. The molecule has 0 aliphatic heterocycles. The maximum atomic E-state index is 13.9. The van der Waals surface area contributed by atoms with Gasteiger partial charge < -0.3 is 5.73 Å². The highest BCUT2D eigenvalue weighted by molar-refractivity contribution is 7.09. The summed E-state index contributed by atoms with van der Waals surface area (Å²) in [4.78, 5) is 6.25. The van der Waals surface area contributed by atoms with Gasteiger partial charge in [0.2, 0.25) is 0 Å². The monoisotopic (exact) mass is 297 g/mol. The van der Waals surface area contributed by atoms with Crippen LogP contribution in [0.4, 0.5) is 8.78 Å². The van der Waals surface area contributed by atoms with Crippen LogP contribution in [-0.4, -0.2) is 23.5 Å². The molecule has 1 aromatic heterocycles. The molecule has 0 saturated carbocycles. The lowest BCUT2D eigenvalue weighted by molar-refractivity contribution is 0.233. The van der Waals surface area contributed by atoms with Crippen molar-refractivity contribution < 1.29 is 8.78 Å². The first-order chi connectivity index (χ1) is 9.52. The van der Waals surface area contributed by atoms with Crippen LogP contribution in [0.15, 0.2) is 23.6 Å². The van der Waals surface area contributed by atoms with E-state index in [1.54, 1.807) is 17.4 Å². The fourth-order valence-electron chi connectivity index (χ4n) is 2.17. The predicted molar refractivity (Wildman–Crippen MR) is 76.5 cm³/mol. The summed E-state index contributed by atoms with van der Waals surface area (Å²) in [5, 5.41) is 2.94. The van der Waals surface area contributed by atoms with Gasteiger partial charge in [0, 0.05) is 24.0 Å². The molecule has 1 aromatic carbocycles. The van der Waals surface area contributed by atoms with Crippen molar-refractivity contribution in [2.24, 2.45) is 5.73 Å². The lowest BCUT2D eigenvalue weighted by atomic mass is 10.0. The van der Waals surface area contributed by atoms with Gasteiger partial charge in [0.15, 0.2) is 11.6 Å². The summed E-state index contributed by atoms with van der Waals surface area (Å²) in [6.45, 7) is 2.68. The molecule has 2 N–H and O–H groups in total. The second-order valence-corrected chi connectivity index (χ2v) is 5.73. The first-order valence-corrected chi connectivity index (χ1v) is 7.16. The van der Waals surface area contributed by atoms with E-state index in [1.165, 1.54) is 6.07 Å². The largest absolute Gasteiger partial charge is 0.329 e. The number of aromatic nitrogens is 1. The summed E-state index contributed by atoms with van der Waals surface area (Å²) in [5.41, 5.74) is 6.92. The third-order valence-electron chi connectivity index (χ3n) is 3.17. The molecule has 0 amide bonds. The SMILES string of the molecule is Cc1nc(CN(C)C(CN)c2cccc(F)c2F)cs1. The normalized spacial score (nSPS) is 12.9. The van der Waals surface area contributed by atoms with Crippen molar-refractivity contribution in [1.29, 1.82) is 0 Å². The first-order valence-electron chi connectivity index (χ1n) is 6.28. The van der Waals surface area contributed by atoms with Crippen LogP contribution in [0.2, 0.25) is 0 Å². The van der Waals surface area contributed by atoms with Crippen LogP contribution in [0.25, 0.3) is 0 Å². The van der Waals surface area contributed by atoms with E-state index in [2.05, 4.69) is 4.98 Å². The Hall–Kier alpha value is -1.37. The summed E-state index contributed by atoms with van der Waals surface area (Å²) in [6.07, 6.45) is 0. The number of rotatable bonds is 5. The van der Waals surface area contributed by atoms with E-state index in [4.69, 9.17) is 5.73 Å². The topological polar surface area (TPSA) is 42.2 Å². The molecule has 1 heterocycles. The second kappa shape index (κ2) is 6.39. The van der Waals surface area contributed by atoms with Crippen molar-refractivity contribution in [3.05, 3.63) is 51.5 Å². The van der Waals surface area contributed by atoms with E-state index in [9.17, 15) is 8.78 Å². The zero-order valence-corrected chi connectivity index (χ0v) is 12.3. The van der Waals surface area contributed by atoms with Crippen molar-refractivity contribution in [3.63, 3.8) is 0 Å². The zero-order valence-electron chi connectivity index (χ0n) is 11.4. The minimum Gasteiger partial charge on any atom is -0.329 e. The summed E-state index contributed by atoms with van der Waals surface area (Å²) in [7, 11) is 1.83. The molecule has 3 nitrogen and oxygen atoms in total. The standard InChI is InChI=1S/C14H17F2N3S/c1-9-18-10(8-20-9)7-19(2)13(6-17)11-4-3-5-12(15)14(11)16/h3-5,8,13H,6-7,17H2,1-2H3. The average molecular weight is 297 g/mol. The first kappa shape index (κ1) is 15.0. The van der Waals surface area contributed by atoms with E-state index in [-0.39, 0.29) is 18.2 Å². The quantitative estimate of drug-likeness (QED) is 0.922. The zero-order chi connectivity index (χ0) is 14.7. The Balaban J connectivity index is 2.20. The van der Waals surface area contributed by atoms with Gasteiger partial charge in [-0.05, 0) is 20.0 Å². The highest BCUT2D eigenvalue weighted by atomic mass is 32.1. The lowest BCUT2D eigenvalue weighted by Crippen LogP contribution is -2.31. The van der Waals surface area contributed by atoms with Gasteiger partial charge in [-0.2, -0.15) is 0 Å². The smallest absolute Gasteiger partial charge is 0.163 e. The Labute approximate surface area is 121 Å². The van der Waals surface area contributed by atoms with Crippen LogP contribution in [0, 0.1) is 18.6 Å². The predicted octanol–water partition coefficient (Wildman–Crippen LogP) is 2.86. The number of benzene rings is 1. The third-order valence-corrected chi connectivity index (χ3v) is 4.00. The summed E-state index contributed by atoms with van der Waals surface area (Å²) in [5.74, 6) is -1.68. The maximum Gasteiger partial charge on any atom is 0.163 e. The Bertz CT molecular complexity index is 586. The maximum absolute atomic E-state index is 13.9. The molecule has 0 bridgehead atoms. The van der Waals surface area contributed by atoms with Crippen LogP contribution in [-0.2, 0) is 6.54 Å². The van der Waals surface area contributed by atoms with E-state index in [0.29, 0.717) is 6.54 Å². The van der Waals surface area contributed by atoms with E-state index in [1.807, 2.05) is 24.3 Å². The van der Waals surface area contributed by atoms with Gasteiger partial charge in [-0.3, -0.25) is 4.90 Å². The molecule has 0 spiro atoms. The van der Waals surface area contributed by atoms with Crippen LogP contribution < -0.4 is 5.73 Å². The van der Waals surface area contributed by atoms with Gasteiger partial charge in [-0.25, -0.2) is 13.8 Å². The molecule has 20 heavy (non-hydrogen) atoms. The van der Waals surface area contributed by atoms with Crippen molar-refractivity contribution in [3.8, 4) is 0 Å². The summed E-state index contributed by atoms with van der Waals surface area (Å²) < 4.78 is 27.2. The number of nitrogens with zero attached hydrogens (tertiary/aromatic N) is 2. The Morgan fingerprint density at radius 2 is 2.15 bits per heavy atom. The van der Waals surface area contributed by atoms with Gasteiger partial charge in [0.25, 0.3) is 0 Å². The third kappa shape index (κ3) is 3.20. The van der Waals surface area contributed by atoms with Gasteiger partial charge in [-0.15, -0.1) is 11.3 Å². The molecule has 2 rings (SSSR count). The fourth-order valence-corrected chi connectivity index (χ4v) is 2.77. The summed E-state index contributed by atoms with van der Waals surface area (Å²) >= 11 is 1.56. The van der Waals surface area contributed by atoms with E-state index >= 15 is 0 Å². The van der Waals surface area contributed by atoms with E-state index < -0.39 is 11.6 Å². The number of likely N-dealkylation sites (N-methyl/N-ethyl adjacent to an activating group) is 1. The van der Waals surface area contributed by atoms with E-state index in [0.717, 1.165) is 16.8 Å². The molecule has 2 aromatic rings. The number of halogens is 2. The highest BCUT2D eigenvalue weighted by Gasteiger charge is 2.21. The molecule has 0 fully saturated rings. The van der Waals surface area contributed by atoms with Gasteiger partial charge in [0.1, 0.15) is 0 Å². The molecule has 1 atom stereocenters. The molecular formula is C14H17F2N3S. The molecule has 1 unspecified atom stereocenters. The molecule has 0 radical (unpaired) electrons. The Morgan fingerprint density at radius 1 is 1.40 bits per heavy atom. The molecule has 0 saturated heterocycles. The molecule has 0 aliphatic carbocycles. The fraction of sp³-hybridized carbons (Fsp3) is 0.357. The van der Waals surface area contributed by atoms with Gasteiger partial charge >= 0.3 is 0 Å². The van der Waals surface area contributed by atoms with Crippen LogP contribution in [0.5, 0.6) is 0 Å². The Kier molecular flexibility index (Phi) is 4.80. The Morgan fingerprint density at radius 3 is 2.75 bits per heavy atom. The van der Waals surface area contributed by atoms with Crippen molar-refractivity contribution in [2.45, 2.75) is 19.5 Å². The number of hydrogen-bond acceptors (Lipinski definition) is 4. The average Bonchev–Trinajstić information content (AvgIpc) is 2.81. The van der Waals surface area contributed by atoms with Crippen molar-refractivity contribution in [1.82, 2.24) is 9.88 Å². The number of aryl methyl sites for hydroxylation is 1. The number of thiazole rings is 1. The second-order valence-electron chi connectivity index (χ2n) is 4.67. The molecule has 6 heteroatoms. The van der Waals surface area contributed by atoms with Crippen LogP contribution in [0.3, 0.4) is 0 Å². The molecular weight excluding hydrogens is 280 g/mol. The summed E-state index contributed by atoms with van der Waals surface area (Å²) in [6, 6.07) is 3.79.